The summed E-state index contributed by atoms with van der Waals surface area (Å²) >= 11 is 0. The molecule has 0 saturated heterocycles. The lowest BCUT2D eigenvalue weighted by Gasteiger charge is -2.24. The molecule has 2 heterocycles. The van der Waals surface area contributed by atoms with Crippen molar-refractivity contribution in [2.45, 2.75) is 37.5 Å². The van der Waals surface area contributed by atoms with E-state index in [4.69, 9.17) is 11.1 Å². The number of nitrogens with two attached hydrogens (primary N) is 1. The fourth-order valence-corrected chi connectivity index (χ4v) is 5.30. The first-order valence-corrected chi connectivity index (χ1v) is 14.8. The Balaban J connectivity index is 1.86. The lowest BCUT2D eigenvalue weighted by atomic mass is 9.97. The molecule has 10 nitrogen and oxygen atoms in total. The minimum absolute atomic E-state index is 0.0740. The molecule has 4 aromatic rings. The largest absolute Gasteiger partial charge is 0.618 e. The van der Waals surface area contributed by atoms with E-state index >= 15 is 0 Å². The van der Waals surface area contributed by atoms with Crippen LogP contribution in [0.15, 0.2) is 82.7 Å². The minimum atomic E-state index is -4.69. The summed E-state index contributed by atoms with van der Waals surface area (Å²) in [7, 11) is -3.69. The maximum absolute atomic E-state index is 13.8. The number of carbonyl (C=O) groups excluding carboxylic acids is 1. The van der Waals surface area contributed by atoms with E-state index in [1.165, 1.54) is 31.3 Å². The van der Waals surface area contributed by atoms with Crippen molar-refractivity contribution >= 4 is 15.7 Å². The Bertz CT molecular complexity index is 1970. The van der Waals surface area contributed by atoms with Gasteiger partial charge in [-0.2, -0.15) is 23.2 Å². The van der Waals surface area contributed by atoms with Crippen LogP contribution in [0.5, 0.6) is 0 Å². The van der Waals surface area contributed by atoms with Gasteiger partial charge >= 0.3 is 6.18 Å². The molecule has 44 heavy (non-hydrogen) atoms. The number of carbonyl (C=O) groups is 1. The van der Waals surface area contributed by atoms with Crippen LogP contribution < -0.4 is 16.0 Å². The number of nitriles is 1. The van der Waals surface area contributed by atoms with Gasteiger partial charge in [0, 0.05) is 29.8 Å². The van der Waals surface area contributed by atoms with Gasteiger partial charge in [0.15, 0.2) is 16.0 Å². The van der Waals surface area contributed by atoms with E-state index in [1.807, 2.05) is 6.07 Å². The number of nitrogens with zero attached hydrogens (tertiary/aromatic N) is 4. The summed E-state index contributed by atoms with van der Waals surface area (Å²) in [5, 5.41) is 22.2. The molecule has 4 rings (SSSR count). The first kappa shape index (κ1) is 31.9. The summed E-state index contributed by atoms with van der Waals surface area (Å²) in [6.45, 7) is 2.76. The second-order valence-electron chi connectivity index (χ2n) is 10.1. The fraction of sp³-hybridized carbons (Fsp3) is 0.200. The number of halogens is 3. The maximum atomic E-state index is 13.8. The molecule has 0 saturated carbocycles. The van der Waals surface area contributed by atoms with Crippen molar-refractivity contribution in [3.05, 3.63) is 122 Å². The Morgan fingerprint density at radius 3 is 2.39 bits per heavy atom. The number of sulfone groups is 1. The van der Waals surface area contributed by atoms with Gasteiger partial charge in [-0.3, -0.25) is 14.6 Å². The van der Waals surface area contributed by atoms with Crippen LogP contribution in [0, 0.1) is 23.5 Å². The van der Waals surface area contributed by atoms with Crippen LogP contribution in [0.4, 0.5) is 13.2 Å². The van der Waals surface area contributed by atoms with Crippen molar-refractivity contribution in [2.75, 3.05) is 6.26 Å². The van der Waals surface area contributed by atoms with Crippen LogP contribution in [-0.4, -0.2) is 30.2 Å². The van der Waals surface area contributed by atoms with Crippen LogP contribution in [0.25, 0.3) is 11.1 Å². The standard InChI is InChI=1S/C30H26F3N5O5S/c1-18(21-9-7-20(14-34)8-10-21)36-17-26(28(39)27(19(36)2)22-5-4-6-23(13-22)30(31,32)33)29(40)37(35)15-24-11-12-25(16-38(24)41)44(3,42)43/h4-13,16-18H,15,35H2,1-3H3. The van der Waals surface area contributed by atoms with Crippen molar-refractivity contribution in [3.8, 4) is 17.2 Å². The van der Waals surface area contributed by atoms with E-state index in [1.54, 1.807) is 35.8 Å². The molecule has 0 radical (unpaired) electrons. The smallest absolute Gasteiger partial charge is 0.416 e. The fourth-order valence-electron chi connectivity index (χ4n) is 4.70. The van der Waals surface area contributed by atoms with Crippen molar-refractivity contribution in [3.63, 3.8) is 0 Å². The second-order valence-corrected chi connectivity index (χ2v) is 12.1. The number of pyridine rings is 2. The van der Waals surface area contributed by atoms with Gasteiger partial charge in [0.1, 0.15) is 17.0 Å². The topological polar surface area (TPSA) is 153 Å². The van der Waals surface area contributed by atoms with Gasteiger partial charge in [-0.15, -0.1) is 0 Å². The molecule has 1 unspecified atom stereocenters. The summed E-state index contributed by atoms with van der Waals surface area (Å²) < 4.78 is 66.0. The molecule has 2 aromatic carbocycles. The Morgan fingerprint density at radius 1 is 1.16 bits per heavy atom. The molecule has 0 fully saturated rings. The average Bonchev–Trinajstić information content (AvgIpc) is 2.97. The van der Waals surface area contributed by atoms with E-state index in [0.717, 1.165) is 30.7 Å². The third kappa shape index (κ3) is 6.48. The highest BCUT2D eigenvalue weighted by molar-refractivity contribution is 7.90. The molecule has 0 aliphatic rings. The number of hydrogen-bond donors (Lipinski definition) is 1. The highest BCUT2D eigenvalue weighted by Crippen LogP contribution is 2.33. The molecule has 0 spiro atoms. The third-order valence-corrected chi connectivity index (χ3v) is 8.22. The molecule has 0 aliphatic carbocycles. The lowest BCUT2D eigenvalue weighted by Crippen LogP contribution is -2.44. The zero-order valence-corrected chi connectivity index (χ0v) is 24.5. The van der Waals surface area contributed by atoms with Gasteiger partial charge in [-0.25, -0.2) is 14.3 Å². The summed E-state index contributed by atoms with van der Waals surface area (Å²) in [6, 6.07) is 14.5. The van der Waals surface area contributed by atoms with Crippen LogP contribution in [0.1, 0.15) is 51.4 Å². The lowest BCUT2D eigenvalue weighted by molar-refractivity contribution is -0.617. The van der Waals surface area contributed by atoms with Crippen molar-refractivity contribution < 1.29 is 31.1 Å². The summed E-state index contributed by atoms with van der Waals surface area (Å²) in [5.41, 5.74) is -1.35. The number of hydrogen-bond acceptors (Lipinski definition) is 7. The van der Waals surface area contributed by atoms with Gasteiger partial charge < -0.3 is 9.77 Å². The van der Waals surface area contributed by atoms with Gasteiger partial charge in [-0.1, -0.05) is 24.3 Å². The third-order valence-electron chi connectivity index (χ3n) is 7.13. The van der Waals surface area contributed by atoms with Crippen LogP contribution in [-0.2, 0) is 22.6 Å². The SMILES string of the molecule is Cc1c(-c2cccc(C(F)(F)F)c2)c(=O)c(C(=O)N(N)Cc2ccc(S(C)(=O)=O)c[n+]2[O-])cn1C(C)c1ccc(C#N)cc1. The second kappa shape index (κ2) is 11.9. The Morgan fingerprint density at radius 2 is 1.82 bits per heavy atom. The highest BCUT2D eigenvalue weighted by atomic mass is 32.2. The molecule has 228 valence electrons. The van der Waals surface area contributed by atoms with E-state index in [0.29, 0.717) is 16.1 Å². The molecule has 1 amide bonds. The quantitative estimate of drug-likeness (QED) is 0.108. The van der Waals surface area contributed by atoms with Crippen molar-refractivity contribution in [1.29, 1.82) is 5.26 Å². The molecule has 0 aliphatic heterocycles. The van der Waals surface area contributed by atoms with Crippen LogP contribution in [0.3, 0.4) is 0 Å². The minimum Gasteiger partial charge on any atom is -0.618 e. The monoisotopic (exact) mass is 625 g/mol. The average molecular weight is 626 g/mol. The van der Waals surface area contributed by atoms with Crippen LogP contribution in [0.2, 0.25) is 0 Å². The summed E-state index contributed by atoms with van der Waals surface area (Å²) in [5.74, 6) is 4.97. The predicted molar refractivity (Wildman–Crippen MR) is 153 cm³/mol. The Kier molecular flexibility index (Phi) is 8.67. The van der Waals surface area contributed by atoms with E-state index in [2.05, 4.69) is 0 Å². The zero-order valence-electron chi connectivity index (χ0n) is 23.7. The normalized spacial score (nSPS) is 12.4. The van der Waals surface area contributed by atoms with Crippen molar-refractivity contribution in [2.24, 2.45) is 5.84 Å². The predicted octanol–water partition coefficient (Wildman–Crippen LogP) is 3.88. The maximum Gasteiger partial charge on any atom is 0.416 e. The summed E-state index contributed by atoms with van der Waals surface area (Å²) in [4.78, 5) is 27.1. The number of amides is 1. The Labute approximate surface area is 250 Å². The Hall–Kier alpha value is -5.00. The van der Waals surface area contributed by atoms with Crippen LogP contribution >= 0.6 is 0 Å². The molecular weight excluding hydrogens is 599 g/mol. The number of aromatic nitrogens is 2. The first-order valence-electron chi connectivity index (χ1n) is 12.9. The molecule has 14 heteroatoms. The van der Waals surface area contributed by atoms with E-state index in [9.17, 15) is 36.4 Å². The number of hydrazine groups is 1. The van der Waals surface area contributed by atoms with Gasteiger partial charge in [0.25, 0.3) is 5.91 Å². The van der Waals surface area contributed by atoms with Gasteiger partial charge in [-0.05, 0) is 55.3 Å². The number of rotatable bonds is 7. The van der Waals surface area contributed by atoms with Gasteiger partial charge in [0.05, 0.1) is 23.2 Å². The molecule has 2 aromatic heterocycles. The number of benzene rings is 2. The molecule has 1 atom stereocenters. The van der Waals surface area contributed by atoms with E-state index in [-0.39, 0.29) is 32.1 Å². The first-order chi connectivity index (χ1) is 20.5. The van der Waals surface area contributed by atoms with Crippen molar-refractivity contribution in [1.82, 2.24) is 9.58 Å². The molecular formula is C30H26F3N5O5S. The van der Waals surface area contributed by atoms with Gasteiger partial charge in [0.2, 0.25) is 11.1 Å². The molecule has 0 bridgehead atoms. The highest BCUT2D eigenvalue weighted by Gasteiger charge is 2.32. The zero-order chi connectivity index (χ0) is 32.6. The number of alkyl halides is 3. The summed E-state index contributed by atoms with van der Waals surface area (Å²) in [6.07, 6.45) is -1.71. The van der Waals surface area contributed by atoms with E-state index < -0.39 is 51.1 Å². The molecule has 2 N–H and O–H groups in total.